The Morgan fingerprint density at radius 2 is 1.26 bits per heavy atom. The highest BCUT2D eigenvalue weighted by Crippen LogP contribution is 2.37. The highest BCUT2D eigenvalue weighted by Gasteiger charge is 2.50. The third-order valence-electron chi connectivity index (χ3n) is 21.0. The molecule has 1 spiro atoms. The SMILES string of the molecule is CC[C@H](C)[C@@H]1NC(=O)[C@H](C)N(C)C(=O)C[C@@H](C(=O)N2CCCC2)N(C)C(=O)[C@H](C(C)C)N(C)C(=O)C2(CCCC2)NC(=O)[C@H](Cc2ccccc2Cl)N(CC)C(=O)C(CCc2ccc(C(F)(F)F)c(Cl)c2)NC(=O)CN(C)C(=O)[C@H](CC2CCCCC2)N(C)C(=O)CN(C)C(=O)CN(C)C1=O. The smallest absolute Gasteiger partial charge is 0.343 e. The molecule has 101 heavy (non-hydrogen) atoms. The van der Waals surface area contributed by atoms with Crippen LogP contribution < -0.4 is 16.0 Å². The summed E-state index contributed by atoms with van der Waals surface area (Å²) in [7, 11) is 9.65. The van der Waals surface area contributed by atoms with Gasteiger partial charge in [-0.25, -0.2) is 0 Å². The van der Waals surface area contributed by atoms with E-state index in [0.29, 0.717) is 50.8 Å². The van der Waals surface area contributed by atoms with E-state index in [9.17, 15) is 51.5 Å². The van der Waals surface area contributed by atoms with E-state index in [2.05, 4.69) is 16.0 Å². The maximum absolute atomic E-state index is 15.7. The monoisotopic (exact) mass is 1460 g/mol. The van der Waals surface area contributed by atoms with Gasteiger partial charge in [-0.3, -0.25) is 57.5 Å². The van der Waals surface area contributed by atoms with Crippen LogP contribution in [0.2, 0.25) is 10.0 Å². The Bertz CT molecular complexity index is 3330. The zero-order chi connectivity index (χ0) is 75.1. The Hall–Kier alpha value is -7.55. The number of hydrogen-bond donors (Lipinski definition) is 3. The molecule has 560 valence electrons. The normalized spacial score (nSPS) is 25.0. The summed E-state index contributed by atoms with van der Waals surface area (Å²) in [5, 5.41) is 8.21. The first-order valence-electron chi connectivity index (χ1n) is 35.4. The number of likely N-dealkylation sites (tertiary alicyclic amines) is 1. The van der Waals surface area contributed by atoms with Crippen LogP contribution in [0.3, 0.4) is 0 Å². The number of carbonyl (C=O) groups excluding carboxylic acids is 12. The van der Waals surface area contributed by atoms with E-state index in [1.54, 1.807) is 63.8 Å². The number of alkyl halides is 3. The van der Waals surface area contributed by atoms with E-state index >= 15 is 19.2 Å². The minimum Gasteiger partial charge on any atom is -0.343 e. The Morgan fingerprint density at radius 3 is 1.84 bits per heavy atom. The summed E-state index contributed by atoms with van der Waals surface area (Å²) in [5.41, 5.74) is -2.12. The quantitative estimate of drug-likeness (QED) is 0.214. The van der Waals surface area contributed by atoms with Crippen molar-refractivity contribution >= 4 is 94.1 Å². The van der Waals surface area contributed by atoms with E-state index in [-0.39, 0.29) is 61.6 Å². The number of nitrogens with zero attached hydrogens (tertiary/aromatic N) is 9. The van der Waals surface area contributed by atoms with Crippen molar-refractivity contribution in [3.05, 3.63) is 69.2 Å². The highest BCUT2D eigenvalue weighted by molar-refractivity contribution is 6.31. The Labute approximate surface area is 602 Å². The number of benzene rings is 2. The first-order chi connectivity index (χ1) is 47.5. The Balaban J connectivity index is 1.47. The molecule has 4 aliphatic rings. The Kier molecular flexibility index (Phi) is 29.8. The average molecular weight is 1460 g/mol. The summed E-state index contributed by atoms with van der Waals surface area (Å²) < 4.78 is 41.9. The Morgan fingerprint density at radius 1 is 0.644 bits per heavy atom. The lowest BCUT2D eigenvalue weighted by atomic mass is 9.84. The highest BCUT2D eigenvalue weighted by atomic mass is 35.5. The first-order valence-corrected chi connectivity index (χ1v) is 36.1. The van der Waals surface area contributed by atoms with Gasteiger partial charge in [-0.1, -0.05) is 127 Å². The van der Waals surface area contributed by atoms with Gasteiger partial charge in [0.15, 0.2) is 0 Å². The van der Waals surface area contributed by atoms with Gasteiger partial charge < -0.3 is 60.0 Å². The summed E-state index contributed by atoms with van der Waals surface area (Å²) in [6, 6.07) is 0.282. The molecule has 2 aliphatic heterocycles. The van der Waals surface area contributed by atoms with Crippen LogP contribution >= 0.6 is 23.2 Å². The number of nitrogens with one attached hydrogen (secondary N) is 3. The predicted molar refractivity (Wildman–Crippen MR) is 375 cm³/mol. The lowest BCUT2D eigenvalue weighted by molar-refractivity contribution is -0.156. The number of aryl methyl sites for hydroxylation is 1. The first kappa shape index (κ1) is 82.4. The van der Waals surface area contributed by atoms with Crippen molar-refractivity contribution in [2.45, 2.75) is 205 Å². The van der Waals surface area contributed by atoms with Crippen LogP contribution in [0.4, 0.5) is 13.2 Å². The molecular formula is C72H105Cl2F3N12O12. The summed E-state index contributed by atoms with van der Waals surface area (Å²) in [5.74, 6) is -9.66. The predicted octanol–water partition coefficient (Wildman–Crippen LogP) is 6.20. The van der Waals surface area contributed by atoms with Gasteiger partial charge in [0.1, 0.15) is 47.8 Å². The zero-order valence-corrected chi connectivity index (χ0v) is 62.4. The van der Waals surface area contributed by atoms with Gasteiger partial charge in [-0.15, -0.1) is 0 Å². The van der Waals surface area contributed by atoms with Crippen LogP contribution in [-0.4, -0.2) is 251 Å². The lowest BCUT2D eigenvalue weighted by Crippen LogP contribution is -2.65. The van der Waals surface area contributed by atoms with E-state index in [1.165, 1.54) is 77.0 Å². The van der Waals surface area contributed by atoms with Crippen molar-refractivity contribution in [3.63, 3.8) is 0 Å². The van der Waals surface area contributed by atoms with E-state index in [0.717, 1.165) is 68.7 Å². The van der Waals surface area contributed by atoms with Crippen molar-refractivity contribution in [1.29, 1.82) is 0 Å². The second-order valence-electron chi connectivity index (χ2n) is 28.4. The van der Waals surface area contributed by atoms with Gasteiger partial charge in [0, 0.05) is 80.4 Å². The van der Waals surface area contributed by atoms with Gasteiger partial charge in [-0.2, -0.15) is 13.2 Å². The third-order valence-corrected chi connectivity index (χ3v) is 21.6. The molecule has 3 N–H and O–H groups in total. The topological polar surface area (TPSA) is 270 Å². The van der Waals surface area contributed by atoms with Crippen LogP contribution in [-0.2, 0) is 76.6 Å². The largest absolute Gasteiger partial charge is 0.417 e. The molecule has 12 amide bonds. The molecule has 24 nitrogen and oxygen atoms in total. The zero-order valence-electron chi connectivity index (χ0n) is 60.9. The number of hydrogen-bond acceptors (Lipinski definition) is 12. The second-order valence-corrected chi connectivity index (χ2v) is 29.3. The van der Waals surface area contributed by atoms with Crippen LogP contribution in [0.15, 0.2) is 42.5 Å². The number of likely N-dealkylation sites (N-methyl/N-ethyl adjacent to an activating group) is 8. The van der Waals surface area contributed by atoms with Crippen molar-refractivity contribution in [3.8, 4) is 0 Å². The molecule has 6 rings (SSSR count). The van der Waals surface area contributed by atoms with Crippen LogP contribution in [0.5, 0.6) is 0 Å². The summed E-state index contributed by atoms with van der Waals surface area (Å²) in [4.78, 5) is 189. The fourth-order valence-corrected chi connectivity index (χ4v) is 14.8. The second kappa shape index (κ2) is 36.5. The molecular weight excluding hydrogens is 1350 g/mol. The molecule has 29 heteroatoms. The van der Waals surface area contributed by atoms with Gasteiger partial charge >= 0.3 is 6.18 Å². The molecule has 2 heterocycles. The molecule has 0 bridgehead atoms. The molecule has 4 fully saturated rings. The van der Waals surface area contributed by atoms with E-state index in [4.69, 9.17) is 23.2 Å². The number of amides is 12. The molecule has 2 aromatic carbocycles. The van der Waals surface area contributed by atoms with Crippen LogP contribution in [0.1, 0.15) is 155 Å². The van der Waals surface area contributed by atoms with Crippen LogP contribution in [0, 0.1) is 17.8 Å². The molecule has 8 atom stereocenters. The van der Waals surface area contributed by atoms with Gasteiger partial charge in [-0.05, 0) is 106 Å². The van der Waals surface area contributed by atoms with Crippen molar-refractivity contribution < 1.29 is 70.7 Å². The summed E-state index contributed by atoms with van der Waals surface area (Å²) in [6.07, 6.45) is 1.17. The standard InChI is InChI=1S/C72H105Cl2F3N12O12/c1-14-45(5)61-68(99)83(9)42-59(92)81(7)43-60(93)85(11)55(38-47-25-17-16-18-26-47)66(97)82(8)41-57(90)78-53(32-30-48-29-31-50(52(74)37-48)72(75,76)77)65(96)89(15-2)54(39-49-27-19-20-28-51(49)73)64(95)80-71(33-21-22-34-71)70(101)87(13)62(44(3)4)69(100)86(12)56(67(98)88-35-23-24-36-88)40-58(91)84(10)46(6)63(94)79-61/h19-20,27-29,31,37,44-47,53-56,61-62H,14-18,21-26,30,32-36,38-43H2,1-13H3,(H,78,90)(H,79,94)(H,80,95)/t45-,46-,53?,54-,55-,56-,61-,62-/m0/s1. The van der Waals surface area contributed by atoms with Gasteiger partial charge in [0.2, 0.25) is 70.9 Å². The number of rotatable bonds is 12. The third kappa shape index (κ3) is 20.9. The van der Waals surface area contributed by atoms with Crippen molar-refractivity contribution in [2.24, 2.45) is 17.8 Å². The molecule has 2 aromatic rings. The number of carbonyl (C=O) groups is 12. The van der Waals surface area contributed by atoms with Crippen molar-refractivity contribution in [1.82, 2.24) is 60.0 Å². The molecule has 0 radical (unpaired) electrons. The van der Waals surface area contributed by atoms with Crippen molar-refractivity contribution in [2.75, 3.05) is 88.6 Å². The minimum atomic E-state index is -4.79. The van der Waals surface area contributed by atoms with Gasteiger partial charge in [0.25, 0.3) is 0 Å². The summed E-state index contributed by atoms with van der Waals surface area (Å²) in [6.45, 7) is 8.71. The van der Waals surface area contributed by atoms with Crippen LogP contribution in [0.25, 0.3) is 0 Å². The van der Waals surface area contributed by atoms with Gasteiger partial charge in [0.05, 0.1) is 36.6 Å². The fraction of sp³-hybridized carbons (Fsp3) is 0.667. The fourth-order valence-electron chi connectivity index (χ4n) is 14.2. The van der Waals surface area contributed by atoms with E-state index < -0.39 is 173 Å². The molecule has 0 aromatic heterocycles. The molecule has 2 aliphatic carbocycles. The minimum absolute atomic E-state index is 0.00656. The number of halogens is 5. The lowest BCUT2D eigenvalue weighted by Gasteiger charge is -2.42. The molecule has 2 saturated heterocycles. The van der Waals surface area contributed by atoms with E-state index in [1.807, 2.05) is 0 Å². The maximum Gasteiger partial charge on any atom is 0.417 e. The maximum atomic E-state index is 15.7. The molecule has 2 saturated carbocycles. The average Bonchev–Trinajstić information content (AvgIpc) is 1.64. The summed E-state index contributed by atoms with van der Waals surface area (Å²) >= 11 is 13.0. The molecule has 1 unspecified atom stereocenters.